The zero-order valence-electron chi connectivity index (χ0n) is 11.9. The molecule has 0 bridgehead atoms. The lowest BCUT2D eigenvalue weighted by molar-refractivity contribution is -0.0746. The fraction of sp³-hybridized carbons (Fsp3) is 0.333. The Morgan fingerprint density at radius 3 is 2.19 bits per heavy atom. The van der Waals surface area contributed by atoms with E-state index in [0.717, 1.165) is 19.8 Å². The molecule has 2 saturated heterocycles. The molecule has 2 aromatic rings. The first-order valence-corrected chi connectivity index (χ1v) is 7.52. The van der Waals surface area contributed by atoms with Crippen LogP contribution in [0.4, 0.5) is 0 Å². The molecule has 0 amide bonds. The number of fused-ring (bicyclic) bond motifs is 1. The van der Waals surface area contributed by atoms with Gasteiger partial charge in [0.1, 0.15) is 12.3 Å². The highest BCUT2D eigenvalue weighted by atomic mass is 16.5. The van der Waals surface area contributed by atoms with E-state index in [1.807, 2.05) is 12.1 Å². The Kier molecular flexibility index (Phi) is 3.47. The summed E-state index contributed by atoms with van der Waals surface area (Å²) >= 11 is 0. The van der Waals surface area contributed by atoms with Crippen LogP contribution in [0.3, 0.4) is 0 Å². The van der Waals surface area contributed by atoms with Crippen molar-refractivity contribution in [2.75, 3.05) is 19.8 Å². The monoisotopic (exact) mass is 281 g/mol. The van der Waals surface area contributed by atoms with E-state index in [1.54, 1.807) is 0 Å². The van der Waals surface area contributed by atoms with E-state index >= 15 is 0 Å². The molecule has 2 aliphatic heterocycles. The van der Waals surface area contributed by atoms with Crippen molar-refractivity contribution in [3.8, 4) is 0 Å². The second-order valence-corrected chi connectivity index (χ2v) is 5.60. The summed E-state index contributed by atoms with van der Waals surface area (Å²) < 4.78 is 12.1. The first-order chi connectivity index (χ1) is 10.4. The number of morpholine rings is 1. The Hall–Kier alpha value is -1.68. The van der Waals surface area contributed by atoms with Crippen LogP contribution in [0, 0.1) is 0 Å². The number of rotatable bonds is 2. The second-order valence-electron chi connectivity index (χ2n) is 5.60. The van der Waals surface area contributed by atoms with Gasteiger partial charge in [-0.25, -0.2) is 0 Å². The van der Waals surface area contributed by atoms with Crippen molar-refractivity contribution >= 4 is 0 Å². The zero-order valence-corrected chi connectivity index (χ0v) is 11.9. The molecule has 0 saturated carbocycles. The van der Waals surface area contributed by atoms with Gasteiger partial charge in [0.25, 0.3) is 0 Å². The van der Waals surface area contributed by atoms with Gasteiger partial charge in [0.15, 0.2) is 0 Å². The normalized spacial score (nSPS) is 29.2. The van der Waals surface area contributed by atoms with Crippen molar-refractivity contribution in [3.05, 3.63) is 71.8 Å². The van der Waals surface area contributed by atoms with Gasteiger partial charge < -0.3 is 9.47 Å². The van der Waals surface area contributed by atoms with Crippen molar-refractivity contribution < 1.29 is 9.47 Å². The minimum Gasteiger partial charge on any atom is -0.370 e. The van der Waals surface area contributed by atoms with Gasteiger partial charge in [0.2, 0.25) is 0 Å². The van der Waals surface area contributed by atoms with Crippen LogP contribution < -0.4 is 0 Å². The van der Waals surface area contributed by atoms with Crippen molar-refractivity contribution in [1.82, 2.24) is 4.90 Å². The highest BCUT2D eigenvalue weighted by Gasteiger charge is 2.43. The SMILES string of the molecule is c1ccc(C2OCCN3C(c4ccccc4)OCC23)cc1. The van der Waals surface area contributed by atoms with Gasteiger partial charge in [-0.05, 0) is 11.1 Å². The molecular formula is C18H19NO2. The lowest BCUT2D eigenvalue weighted by Crippen LogP contribution is -2.45. The summed E-state index contributed by atoms with van der Waals surface area (Å²) in [5.41, 5.74) is 2.47. The van der Waals surface area contributed by atoms with Crippen LogP contribution in [0.1, 0.15) is 23.5 Å². The van der Waals surface area contributed by atoms with Gasteiger partial charge in [0, 0.05) is 6.54 Å². The molecule has 3 nitrogen and oxygen atoms in total. The molecule has 2 aromatic carbocycles. The van der Waals surface area contributed by atoms with Crippen LogP contribution in [0.5, 0.6) is 0 Å². The average molecular weight is 281 g/mol. The number of ether oxygens (including phenoxy) is 2. The maximum absolute atomic E-state index is 6.08. The van der Waals surface area contributed by atoms with Gasteiger partial charge in [-0.2, -0.15) is 0 Å². The third-order valence-electron chi connectivity index (χ3n) is 4.36. The molecule has 0 spiro atoms. The predicted octanol–water partition coefficient (Wildman–Crippen LogP) is 3.16. The summed E-state index contributed by atoms with van der Waals surface area (Å²) in [7, 11) is 0. The first kappa shape index (κ1) is 13.0. The fourth-order valence-electron chi connectivity index (χ4n) is 3.36. The minimum atomic E-state index is 0.0614. The van der Waals surface area contributed by atoms with Crippen molar-refractivity contribution in [2.24, 2.45) is 0 Å². The van der Waals surface area contributed by atoms with Crippen LogP contribution in [-0.2, 0) is 9.47 Å². The molecule has 0 radical (unpaired) electrons. The quantitative estimate of drug-likeness (QED) is 0.844. The summed E-state index contributed by atoms with van der Waals surface area (Å²) in [5.74, 6) is 0. The molecule has 2 aliphatic rings. The molecule has 3 heteroatoms. The molecule has 0 aliphatic carbocycles. The Morgan fingerprint density at radius 2 is 1.48 bits per heavy atom. The van der Waals surface area contributed by atoms with Gasteiger partial charge in [-0.15, -0.1) is 0 Å². The fourth-order valence-corrected chi connectivity index (χ4v) is 3.36. The molecule has 3 unspecified atom stereocenters. The summed E-state index contributed by atoms with van der Waals surface area (Å²) in [5, 5.41) is 0. The molecule has 108 valence electrons. The summed E-state index contributed by atoms with van der Waals surface area (Å²) in [6, 6.07) is 21.2. The zero-order chi connectivity index (χ0) is 14.1. The summed E-state index contributed by atoms with van der Waals surface area (Å²) in [6.07, 6.45) is 0.167. The summed E-state index contributed by atoms with van der Waals surface area (Å²) in [4.78, 5) is 2.44. The van der Waals surface area contributed by atoms with Gasteiger partial charge in [0.05, 0.1) is 19.3 Å². The topological polar surface area (TPSA) is 21.7 Å². The second kappa shape index (κ2) is 5.60. The van der Waals surface area contributed by atoms with Crippen molar-refractivity contribution in [1.29, 1.82) is 0 Å². The lowest BCUT2D eigenvalue weighted by atomic mass is 10.00. The van der Waals surface area contributed by atoms with E-state index in [4.69, 9.17) is 9.47 Å². The van der Waals surface area contributed by atoms with Crippen molar-refractivity contribution in [3.63, 3.8) is 0 Å². The van der Waals surface area contributed by atoms with Crippen LogP contribution in [0.2, 0.25) is 0 Å². The average Bonchev–Trinajstić information content (AvgIpc) is 3.00. The molecule has 21 heavy (non-hydrogen) atoms. The maximum Gasteiger partial charge on any atom is 0.137 e. The number of benzene rings is 2. The molecule has 0 N–H and O–H groups in total. The third kappa shape index (κ3) is 2.38. The number of nitrogens with zero attached hydrogens (tertiary/aromatic N) is 1. The lowest BCUT2D eigenvalue weighted by Gasteiger charge is -2.37. The van der Waals surface area contributed by atoms with Crippen LogP contribution in [-0.4, -0.2) is 30.7 Å². The van der Waals surface area contributed by atoms with Crippen molar-refractivity contribution in [2.45, 2.75) is 18.4 Å². The Labute approximate surface area is 125 Å². The molecule has 2 heterocycles. The molecule has 2 fully saturated rings. The smallest absolute Gasteiger partial charge is 0.137 e. The van der Waals surface area contributed by atoms with Crippen LogP contribution in [0.25, 0.3) is 0 Å². The Bertz CT molecular complexity index is 587. The van der Waals surface area contributed by atoms with E-state index in [2.05, 4.69) is 53.4 Å². The summed E-state index contributed by atoms with van der Waals surface area (Å²) in [6.45, 7) is 2.40. The van der Waals surface area contributed by atoms with E-state index in [9.17, 15) is 0 Å². The number of hydrogen-bond acceptors (Lipinski definition) is 3. The highest BCUT2D eigenvalue weighted by Crippen LogP contribution is 2.39. The number of hydrogen-bond donors (Lipinski definition) is 0. The predicted molar refractivity (Wildman–Crippen MR) is 80.8 cm³/mol. The maximum atomic E-state index is 6.08. The van der Waals surface area contributed by atoms with Gasteiger partial charge >= 0.3 is 0 Å². The van der Waals surface area contributed by atoms with E-state index in [-0.39, 0.29) is 12.3 Å². The Balaban J connectivity index is 1.61. The highest BCUT2D eigenvalue weighted by molar-refractivity contribution is 5.23. The minimum absolute atomic E-state index is 0.0614. The largest absolute Gasteiger partial charge is 0.370 e. The van der Waals surface area contributed by atoms with E-state index in [1.165, 1.54) is 11.1 Å². The van der Waals surface area contributed by atoms with E-state index < -0.39 is 0 Å². The van der Waals surface area contributed by atoms with E-state index in [0.29, 0.717) is 6.04 Å². The van der Waals surface area contributed by atoms with Crippen LogP contribution >= 0.6 is 0 Å². The molecule has 0 aromatic heterocycles. The Morgan fingerprint density at radius 1 is 0.810 bits per heavy atom. The molecule has 4 rings (SSSR count). The molecule has 3 atom stereocenters. The third-order valence-corrected chi connectivity index (χ3v) is 4.36. The van der Waals surface area contributed by atoms with Gasteiger partial charge in [-0.3, -0.25) is 4.90 Å². The van der Waals surface area contributed by atoms with Crippen LogP contribution in [0.15, 0.2) is 60.7 Å². The first-order valence-electron chi connectivity index (χ1n) is 7.52. The standard InChI is InChI=1S/C18H19NO2/c1-3-7-14(8-4-1)17-16-13-21-18(19(16)11-12-20-17)15-9-5-2-6-10-15/h1-10,16-18H,11-13H2. The molecular weight excluding hydrogens is 262 g/mol. The van der Waals surface area contributed by atoms with Gasteiger partial charge in [-0.1, -0.05) is 60.7 Å².